The van der Waals surface area contributed by atoms with Gasteiger partial charge in [-0.2, -0.15) is 5.10 Å². The summed E-state index contributed by atoms with van der Waals surface area (Å²) in [4.78, 5) is 20.8. The van der Waals surface area contributed by atoms with Gasteiger partial charge >= 0.3 is 5.97 Å². The van der Waals surface area contributed by atoms with Crippen LogP contribution >= 0.6 is 11.6 Å². The summed E-state index contributed by atoms with van der Waals surface area (Å²) in [6.45, 7) is 1.98. The average Bonchev–Trinajstić information content (AvgIpc) is 3.23. The molecule has 25 heavy (non-hydrogen) atoms. The zero-order valence-electron chi connectivity index (χ0n) is 13.1. The van der Waals surface area contributed by atoms with Gasteiger partial charge in [0.15, 0.2) is 5.69 Å². The number of aliphatic imine (C=N–C) groups is 1. The maximum atomic E-state index is 12.2. The Morgan fingerprint density at radius 3 is 3.04 bits per heavy atom. The number of hydrogen-bond donors (Lipinski definition) is 0. The first-order valence-corrected chi connectivity index (χ1v) is 7.89. The van der Waals surface area contributed by atoms with E-state index in [4.69, 9.17) is 16.3 Å². The Balaban J connectivity index is 1.93. The molecule has 1 aliphatic heterocycles. The summed E-state index contributed by atoms with van der Waals surface area (Å²) in [5.74, 6) is 0.0415. The third kappa shape index (κ3) is 2.68. The molecule has 3 aromatic rings. The van der Waals surface area contributed by atoms with Gasteiger partial charge < -0.3 is 4.74 Å². The fraction of sp³-hybridized carbons (Fsp3) is 0.200. The number of carbonyl (C=O) groups is 1. The fourth-order valence-electron chi connectivity index (χ4n) is 2.57. The quantitative estimate of drug-likeness (QED) is 0.648. The number of nitrogens with zero attached hydrogens (tertiary/aromatic N) is 7. The minimum atomic E-state index is -0.535. The van der Waals surface area contributed by atoms with Crippen molar-refractivity contribution in [2.75, 3.05) is 6.61 Å². The minimum Gasteiger partial charge on any atom is -0.461 e. The molecule has 0 unspecified atom stereocenters. The first-order chi connectivity index (χ1) is 12.2. The standard InChI is InChI=1S/C15H12ClN7O2/c1-2-25-15(24)14-12-6-13(22-8-17-7-18-22)19-10-4-3-9(16)5-11(10)23(12)21-20-14/h3-5,7-8H,2,6H2,1H3. The van der Waals surface area contributed by atoms with Crippen molar-refractivity contribution < 1.29 is 9.53 Å². The molecule has 126 valence electrons. The summed E-state index contributed by atoms with van der Waals surface area (Å²) in [6, 6.07) is 5.23. The van der Waals surface area contributed by atoms with E-state index in [0.717, 1.165) is 0 Å². The van der Waals surface area contributed by atoms with Gasteiger partial charge in [-0.05, 0) is 25.1 Å². The number of fused-ring (bicyclic) bond motifs is 3. The van der Waals surface area contributed by atoms with Crippen molar-refractivity contribution >= 4 is 29.1 Å². The highest BCUT2D eigenvalue weighted by molar-refractivity contribution is 6.30. The molecule has 0 fully saturated rings. The van der Waals surface area contributed by atoms with E-state index in [1.807, 2.05) is 0 Å². The predicted octanol–water partition coefficient (Wildman–Crippen LogP) is 1.82. The van der Waals surface area contributed by atoms with E-state index in [-0.39, 0.29) is 18.7 Å². The monoisotopic (exact) mass is 357 g/mol. The second-order valence-corrected chi connectivity index (χ2v) is 5.63. The first kappa shape index (κ1) is 15.5. The number of rotatable bonds is 2. The van der Waals surface area contributed by atoms with E-state index < -0.39 is 5.97 Å². The molecule has 4 rings (SSSR count). The average molecular weight is 358 g/mol. The highest BCUT2D eigenvalue weighted by atomic mass is 35.5. The van der Waals surface area contributed by atoms with E-state index in [1.54, 1.807) is 29.8 Å². The summed E-state index contributed by atoms with van der Waals surface area (Å²) in [5.41, 5.74) is 1.95. The molecular weight excluding hydrogens is 346 g/mol. The number of carbonyl (C=O) groups excluding carboxylic acids is 1. The van der Waals surface area contributed by atoms with Gasteiger partial charge in [0, 0.05) is 5.02 Å². The van der Waals surface area contributed by atoms with Crippen molar-refractivity contribution in [1.29, 1.82) is 0 Å². The molecule has 0 aliphatic carbocycles. The van der Waals surface area contributed by atoms with Crippen molar-refractivity contribution in [3.63, 3.8) is 0 Å². The molecule has 9 nitrogen and oxygen atoms in total. The van der Waals surface area contributed by atoms with Crippen LogP contribution in [0.1, 0.15) is 23.1 Å². The van der Waals surface area contributed by atoms with Gasteiger partial charge in [-0.25, -0.2) is 24.1 Å². The van der Waals surface area contributed by atoms with Gasteiger partial charge in [-0.15, -0.1) is 5.10 Å². The summed E-state index contributed by atoms with van der Waals surface area (Å²) in [7, 11) is 0. The van der Waals surface area contributed by atoms with Gasteiger partial charge in [-0.3, -0.25) is 0 Å². The van der Waals surface area contributed by atoms with E-state index in [9.17, 15) is 4.79 Å². The minimum absolute atomic E-state index is 0.141. The largest absolute Gasteiger partial charge is 0.461 e. The van der Waals surface area contributed by atoms with Crippen LogP contribution in [-0.2, 0) is 11.2 Å². The molecule has 0 atom stereocenters. The van der Waals surface area contributed by atoms with Gasteiger partial charge in [0.05, 0.1) is 30.1 Å². The zero-order valence-corrected chi connectivity index (χ0v) is 13.9. The fourth-order valence-corrected chi connectivity index (χ4v) is 2.74. The molecule has 10 heteroatoms. The summed E-state index contributed by atoms with van der Waals surface area (Å²) < 4.78 is 8.17. The van der Waals surface area contributed by atoms with E-state index in [2.05, 4.69) is 25.4 Å². The Bertz CT molecular complexity index is 978. The molecule has 1 aliphatic rings. The predicted molar refractivity (Wildman–Crippen MR) is 88.5 cm³/mol. The van der Waals surface area contributed by atoms with Crippen LogP contribution in [0.5, 0.6) is 0 Å². The summed E-state index contributed by atoms with van der Waals surface area (Å²) in [6.07, 6.45) is 3.23. The van der Waals surface area contributed by atoms with Crippen LogP contribution in [0, 0.1) is 0 Å². The second-order valence-electron chi connectivity index (χ2n) is 5.19. The third-order valence-electron chi connectivity index (χ3n) is 3.66. The zero-order chi connectivity index (χ0) is 17.4. The number of ether oxygens (including phenoxy) is 1. The summed E-state index contributed by atoms with van der Waals surface area (Å²) in [5, 5.41) is 12.8. The Morgan fingerprint density at radius 1 is 1.40 bits per heavy atom. The molecule has 0 saturated carbocycles. The molecular formula is C15H12ClN7O2. The van der Waals surface area contributed by atoms with Gasteiger partial charge in [0.1, 0.15) is 18.5 Å². The number of benzene rings is 1. The van der Waals surface area contributed by atoms with Crippen LogP contribution in [0.3, 0.4) is 0 Å². The van der Waals surface area contributed by atoms with Crippen molar-refractivity contribution in [2.24, 2.45) is 4.99 Å². The topological polar surface area (TPSA) is 100 Å². The lowest BCUT2D eigenvalue weighted by Crippen LogP contribution is -2.18. The van der Waals surface area contributed by atoms with Crippen LogP contribution < -0.4 is 0 Å². The number of halogens is 1. The van der Waals surface area contributed by atoms with E-state index in [1.165, 1.54) is 17.3 Å². The van der Waals surface area contributed by atoms with Crippen LogP contribution in [0.25, 0.3) is 5.69 Å². The van der Waals surface area contributed by atoms with Crippen LogP contribution in [0.15, 0.2) is 35.8 Å². The Kier molecular flexibility index (Phi) is 3.77. The van der Waals surface area contributed by atoms with Gasteiger partial charge in [0.2, 0.25) is 0 Å². The maximum absolute atomic E-state index is 12.2. The van der Waals surface area contributed by atoms with Crippen LogP contribution in [-0.4, -0.2) is 48.2 Å². The molecule has 1 aromatic carbocycles. The lowest BCUT2D eigenvalue weighted by molar-refractivity contribution is 0.0518. The smallest absolute Gasteiger partial charge is 0.360 e. The van der Waals surface area contributed by atoms with Crippen molar-refractivity contribution in [3.05, 3.63) is 47.3 Å². The van der Waals surface area contributed by atoms with Crippen LogP contribution in [0.2, 0.25) is 5.02 Å². The van der Waals surface area contributed by atoms with Crippen molar-refractivity contribution in [3.8, 4) is 5.69 Å². The van der Waals surface area contributed by atoms with Crippen LogP contribution in [0.4, 0.5) is 5.69 Å². The van der Waals surface area contributed by atoms with E-state index in [0.29, 0.717) is 27.9 Å². The normalized spacial score (nSPS) is 12.8. The third-order valence-corrected chi connectivity index (χ3v) is 3.89. The number of aromatic nitrogens is 6. The van der Waals surface area contributed by atoms with Crippen molar-refractivity contribution in [2.45, 2.75) is 13.3 Å². The van der Waals surface area contributed by atoms with Crippen molar-refractivity contribution in [1.82, 2.24) is 29.8 Å². The highest BCUT2D eigenvalue weighted by Gasteiger charge is 2.27. The summed E-state index contributed by atoms with van der Waals surface area (Å²) >= 11 is 6.12. The molecule has 0 saturated heterocycles. The maximum Gasteiger partial charge on any atom is 0.360 e. The second kappa shape index (κ2) is 6.10. The number of esters is 1. The molecule has 2 aromatic heterocycles. The first-order valence-electron chi connectivity index (χ1n) is 7.51. The molecule has 0 bridgehead atoms. The van der Waals surface area contributed by atoms with E-state index >= 15 is 0 Å². The lowest BCUT2D eigenvalue weighted by atomic mass is 10.2. The number of hydrogen-bond acceptors (Lipinski definition) is 7. The highest BCUT2D eigenvalue weighted by Crippen LogP contribution is 2.31. The molecule has 0 radical (unpaired) electrons. The van der Waals surface area contributed by atoms with Gasteiger partial charge in [-0.1, -0.05) is 16.8 Å². The van der Waals surface area contributed by atoms with Gasteiger partial charge in [0.25, 0.3) is 0 Å². The molecule has 0 N–H and O–H groups in total. The molecule has 0 spiro atoms. The lowest BCUT2D eigenvalue weighted by Gasteiger charge is -2.06. The Labute approximate surface area is 146 Å². The Morgan fingerprint density at radius 2 is 2.28 bits per heavy atom. The SMILES string of the molecule is CCOC(=O)c1nnn2c1CC(n1cncn1)=Nc1ccc(Cl)cc1-2. The molecule has 0 amide bonds. The Hall–Kier alpha value is -3.07. The molecule has 3 heterocycles.